The highest BCUT2D eigenvalue weighted by Crippen LogP contribution is 2.47. The van der Waals surface area contributed by atoms with Crippen LogP contribution in [0.3, 0.4) is 0 Å². The number of nitrogens with two attached hydrogens (primary N) is 1. The van der Waals surface area contributed by atoms with E-state index in [1.807, 2.05) is 48.7 Å². The highest BCUT2D eigenvalue weighted by atomic mass is 32.2. The summed E-state index contributed by atoms with van der Waals surface area (Å²) in [6.07, 6.45) is 2.02. The Hall–Kier alpha value is -3.80. The second-order valence-corrected chi connectivity index (χ2v) is 28.4. The number of hydrogen-bond acceptors (Lipinski definition) is 11. The van der Waals surface area contributed by atoms with Crippen LogP contribution >= 0.6 is 11.8 Å². The van der Waals surface area contributed by atoms with Crippen LogP contribution in [0.2, 0.25) is 36.3 Å². The molecule has 3 aromatic heterocycles. The average Bonchev–Trinajstić information content (AvgIpc) is 3.72. The molecule has 4 heterocycles. The Bertz CT molecular complexity index is 2190. The highest BCUT2D eigenvalue weighted by molar-refractivity contribution is 7.98. The summed E-state index contributed by atoms with van der Waals surface area (Å²) in [6.45, 7) is 24.9. The molecule has 0 saturated carbocycles. The number of nitrogens with zero attached hydrogens (tertiary/aromatic N) is 5. The van der Waals surface area contributed by atoms with Crippen molar-refractivity contribution in [1.82, 2.24) is 24.5 Å². The normalized spacial score (nSPS) is 19.3. The Morgan fingerprint density at radius 1 is 0.807 bits per heavy atom. The third kappa shape index (κ3) is 8.81. The van der Waals surface area contributed by atoms with E-state index in [9.17, 15) is 0 Å². The molecule has 1 aliphatic rings. The molecular formula is C43H60N6O5SSi2. The van der Waals surface area contributed by atoms with E-state index in [1.165, 1.54) is 6.33 Å². The van der Waals surface area contributed by atoms with Gasteiger partial charge in [-0.05, 0) is 67.5 Å². The van der Waals surface area contributed by atoms with Crippen molar-refractivity contribution >= 4 is 45.2 Å². The largest absolute Gasteiger partial charge is 0.493 e. The van der Waals surface area contributed by atoms with Crippen LogP contribution in [0.15, 0.2) is 67.1 Å². The second-order valence-electron chi connectivity index (χ2n) is 17.9. The molecule has 14 heteroatoms. The molecule has 2 N–H and O–H groups in total. The molecule has 11 nitrogen and oxygen atoms in total. The van der Waals surface area contributed by atoms with Crippen LogP contribution in [0.5, 0.6) is 11.5 Å². The number of aryl methyl sites for hydroxylation is 1. The zero-order valence-electron chi connectivity index (χ0n) is 35.8. The van der Waals surface area contributed by atoms with Gasteiger partial charge in [-0.1, -0.05) is 71.9 Å². The Morgan fingerprint density at radius 3 is 2.09 bits per heavy atom. The van der Waals surface area contributed by atoms with Gasteiger partial charge in [-0.25, -0.2) is 19.9 Å². The summed E-state index contributed by atoms with van der Waals surface area (Å²) in [6, 6.07) is 18.0. The monoisotopic (exact) mass is 828 g/mol. The molecule has 4 atom stereocenters. The summed E-state index contributed by atoms with van der Waals surface area (Å²) in [5.74, 6) is 3.67. The van der Waals surface area contributed by atoms with E-state index >= 15 is 0 Å². The number of aromatic nitrogens is 5. The quantitative estimate of drug-likeness (QED) is 0.114. The van der Waals surface area contributed by atoms with Gasteiger partial charge >= 0.3 is 0 Å². The molecule has 1 fully saturated rings. The molecule has 57 heavy (non-hydrogen) atoms. The van der Waals surface area contributed by atoms with Crippen LogP contribution in [0, 0.1) is 6.92 Å². The Labute approximate surface area is 344 Å². The maximum absolute atomic E-state index is 7.41. The predicted octanol–water partition coefficient (Wildman–Crippen LogP) is 10.1. The molecule has 5 aromatic rings. The summed E-state index contributed by atoms with van der Waals surface area (Å²) in [5.41, 5.74) is 11.8. The van der Waals surface area contributed by atoms with E-state index in [2.05, 4.69) is 101 Å². The number of rotatable bonds is 13. The van der Waals surface area contributed by atoms with Crippen LogP contribution < -0.4 is 15.2 Å². The van der Waals surface area contributed by atoms with Crippen LogP contribution in [-0.4, -0.2) is 79.4 Å². The van der Waals surface area contributed by atoms with E-state index in [4.69, 9.17) is 38.8 Å². The van der Waals surface area contributed by atoms with Gasteiger partial charge in [0.05, 0.1) is 31.4 Å². The van der Waals surface area contributed by atoms with Crippen molar-refractivity contribution in [2.45, 2.75) is 115 Å². The Balaban J connectivity index is 1.38. The minimum atomic E-state index is -2.33. The number of ether oxygens (including phenoxy) is 3. The van der Waals surface area contributed by atoms with Crippen molar-refractivity contribution < 1.29 is 23.1 Å². The van der Waals surface area contributed by atoms with Gasteiger partial charge in [-0.2, -0.15) is 11.8 Å². The molecule has 0 radical (unpaired) electrons. The number of fused-ring (bicyclic) bond motifs is 1. The molecule has 0 unspecified atom stereocenters. The Kier molecular flexibility index (Phi) is 12.4. The lowest BCUT2D eigenvalue weighted by molar-refractivity contribution is -0.0244. The predicted molar refractivity (Wildman–Crippen MR) is 237 cm³/mol. The van der Waals surface area contributed by atoms with E-state index in [-0.39, 0.29) is 28.4 Å². The molecule has 0 amide bonds. The minimum absolute atomic E-state index is 0.0270. The zero-order chi connectivity index (χ0) is 41.5. The number of methoxy groups -OCH3 is 2. The lowest BCUT2D eigenvalue weighted by Crippen LogP contribution is -2.53. The van der Waals surface area contributed by atoms with Gasteiger partial charge in [0.2, 0.25) is 0 Å². The van der Waals surface area contributed by atoms with Gasteiger partial charge < -0.3 is 33.4 Å². The van der Waals surface area contributed by atoms with Gasteiger partial charge in [0, 0.05) is 40.1 Å². The standard InChI is InChI=1S/C43H60N6O5SSi2/c1-27-31(35(28-17-15-14-16-18-28)48-39(47-27)29-19-20-32(50-8)33(23-29)51-9)24-55-25-34-36(53-56(10,11)42(2,3)4)37(54-57(12,13)43(5,6)7)41(52-34)49-22-21-30-38(44)45-26-46-40(30)49/h14-23,26,34,36-37,41H,24-25H2,1-13H3,(H2,44,45,46)/t34-,36-,37-,41-/m1/s1. The van der Waals surface area contributed by atoms with E-state index in [1.54, 1.807) is 26.0 Å². The maximum Gasteiger partial charge on any atom is 0.192 e. The number of nitrogen functional groups attached to an aromatic ring is 1. The summed E-state index contributed by atoms with van der Waals surface area (Å²) in [5, 5.41) is 0.722. The lowest BCUT2D eigenvalue weighted by atomic mass is 10.0. The molecule has 2 aromatic carbocycles. The van der Waals surface area contributed by atoms with Gasteiger partial charge in [0.25, 0.3) is 0 Å². The first-order valence-corrected chi connectivity index (χ1v) is 26.5. The fourth-order valence-electron chi connectivity index (χ4n) is 6.55. The maximum atomic E-state index is 7.41. The Morgan fingerprint density at radius 2 is 1.46 bits per heavy atom. The van der Waals surface area contributed by atoms with Crippen molar-refractivity contribution in [3.8, 4) is 34.1 Å². The van der Waals surface area contributed by atoms with Gasteiger partial charge in [0.15, 0.2) is 40.2 Å². The van der Waals surface area contributed by atoms with E-state index < -0.39 is 22.9 Å². The molecule has 0 aliphatic carbocycles. The summed E-state index contributed by atoms with van der Waals surface area (Å²) in [7, 11) is -1.38. The first-order chi connectivity index (χ1) is 26.8. The number of benzene rings is 2. The van der Waals surface area contributed by atoms with Crippen molar-refractivity contribution in [2.75, 3.05) is 25.7 Å². The zero-order valence-corrected chi connectivity index (χ0v) is 38.7. The number of thioether (sulfide) groups is 1. The molecule has 0 spiro atoms. The highest BCUT2D eigenvalue weighted by Gasteiger charge is 2.54. The third-order valence-corrected chi connectivity index (χ3v) is 22.0. The summed E-state index contributed by atoms with van der Waals surface area (Å²) < 4.78 is 35.2. The van der Waals surface area contributed by atoms with Crippen molar-refractivity contribution in [3.63, 3.8) is 0 Å². The molecular weight excluding hydrogens is 769 g/mol. The lowest BCUT2D eigenvalue weighted by Gasteiger charge is -2.44. The van der Waals surface area contributed by atoms with Crippen LogP contribution in [0.25, 0.3) is 33.7 Å². The SMILES string of the molecule is COc1ccc(-c2nc(C)c(CSC[C@H]3O[C@@H](n4ccc5c(N)ncnc54)[C@H](O[Si](C)(C)C(C)(C)C)[C@@H]3O[Si](C)(C)C(C)(C)C)c(-c3ccccc3)n2)cc1OC. The number of anilines is 1. The smallest absolute Gasteiger partial charge is 0.192 e. The van der Waals surface area contributed by atoms with Crippen LogP contribution in [0.1, 0.15) is 59.0 Å². The topological polar surface area (TPSA) is 129 Å². The third-order valence-electron chi connectivity index (χ3n) is 12.0. The van der Waals surface area contributed by atoms with E-state index in [0.717, 1.165) is 33.5 Å². The van der Waals surface area contributed by atoms with Crippen LogP contribution in [-0.2, 0) is 19.3 Å². The van der Waals surface area contributed by atoms with Gasteiger partial charge in [0.1, 0.15) is 30.0 Å². The van der Waals surface area contributed by atoms with Crippen molar-refractivity contribution in [2.24, 2.45) is 0 Å². The molecule has 1 aliphatic heterocycles. The molecule has 6 rings (SSSR count). The first-order valence-electron chi connectivity index (χ1n) is 19.6. The van der Waals surface area contributed by atoms with Crippen LogP contribution in [0.4, 0.5) is 5.82 Å². The van der Waals surface area contributed by atoms with Gasteiger partial charge in [-0.3, -0.25) is 0 Å². The fraction of sp³-hybridized carbons (Fsp3) is 0.488. The van der Waals surface area contributed by atoms with E-state index in [0.29, 0.717) is 40.3 Å². The second kappa shape index (κ2) is 16.5. The number of hydrogen-bond donors (Lipinski definition) is 1. The molecule has 306 valence electrons. The first kappa shape index (κ1) is 42.8. The fourth-order valence-corrected chi connectivity index (χ4v) is 10.3. The summed E-state index contributed by atoms with van der Waals surface area (Å²) in [4.78, 5) is 19.2. The molecule has 1 saturated heterocycles. The van der Waals surface area contributed by atoms with Crippen molar-refractivity contribution in [1.29, 1.82) is 0 Å². The van der Waals surface area contributed by atoms with Crippen molar-refractivity contribution in [3.05, 3.63) is 78.4 Å². The van der Waals surface area contributed by atoms with Gasteiger partial charge in [-0.15, -0.1) is 0 Å². The minimum Gasteiger partial charge on any atom is -0.493 e. The average molecular weight is 829 g/mol. The summed E-state index contributed by atoms with van der Waals surface area (Å²) >= 11 is 1.80. The molecule has 0 bridgehead atoms.